The molecule has 2 heteroatoms. The average molecular weight is 131 g/mol. The summed E-state index contributed by atoms with van der Waals surface area (Å²) in [5.41, 5.74) is 5.36. The summed E-state index contributed by atoms with van der Waals surface area (Å²) in [6.45, 7) is 8.00. The molecule has 0 aliphatic carbocycles. The molecule has 0 rings (SSSR count). The third kappa shape index (κ3) is 6.18. The van der Waals surface area contributed by atoms with Crippen molar-refractivity contribution in [2.75, 3.05) is 6.54 Å². The number of rotatable bonds is 3. The standard InChI is InChI=1S/C6H17NSi/c1-8(2,3)6-4-5-7/h4-7H2,1-3H3. The lowest BCUT2D eigenvalue weighted by Gasteiger charge is -2.13. The normalized spacial score (nSPS) is 12.0. The third-order valence-corrected chi connectivity index (χ3v) is 2.98. The van der Waals surface area contributed by atoms with Crippen molar-refractivity contribution in [1.29, 1.82) is 0 Å². The minimum atomic E-state index is -0.758. The molecule has 2 N–H and O–H groups in total. The summed E-state index contributed by atoms with van der Waals surface area (Å²) < 4.78 is 0. The monoisotopic (exact) mass is 131 g/mol. The van der Waals surface area contributed by atoms with E-state index in [1.807, 2.05) is 0 Å². The Bertz CT molecular complexity index is 56.0. The van der Waals surface area contributed by atoms with Crippen LogP contribution in [-0.4, -0.2) is 14.6 Å². The molecule has 1 nitrogen and oxygen atoms in total. The lowest BCUT2D eigenvalue weighted by molar-refractivity contribution is 0.912. The molecule has 8 heavy (non-hydrogen) atoms. The van der Waals surface area contributed by atoms with E-state index in [2.05, 4.69) is 19.6 Å². The van der Waals surface area contributed by atoms with E-state index in [1.54, 1.807) is 0 Å². The van der Waals surface area contributed by atoms with Gasteiger partial charge < -0.3 is 5.73 Å². The molecule has 0 aromatic rings. The molecule has 0 radical (unpaired) electrons. The van der Waals surface area contributed by atoms with Crippen LogP contribution in [0.1, 0.15) is 6.42 Å². The molecular formula is C6H17NSi. The second kappa shape index (κ2) is 3.25. The van der Waals surface area contributed by atoms with Gasteiger partial charge in [-0.2, -0.15) is 0 Å². The Morgan fingerprint density at radius 1 is 1.25 bits per heavy atom. The molecule has 0 saturated carbocycles. The van der Waals surface area contributed by atoms with E-state index in [9.17, 15) is 0 Å². The van der Waals surface area contributed by atoms with Crippen molar-refractivity contribution in [2.24, 2.45) is 5.73 Å². The Balaban J connectivity index is 3.11. The molecule has 0 amide bonds. The van der Waals surface area contributed by atoms with Crippen LogP contribution in [0, 0.1) is 0 Å². The first-order valence-corrected chi connectivity index (χ1v) is 6.97. The minimum Gasteiger partial charge on any atom is -0.330 e. The summed E-state index contributed by atoms with van der Waals surface area (Å²) >= 11 is 0. The van der Waals surface area contributed by atoms with Gasteiger partial charge in [0.2, 0.25) is 0 Å². The predicted molar refractivity (Wildman–Crippen MR) is 41.8 cm³/mol. The highest BCUT2D eigenvalue weighted by Gasteiger charge is 2.10. The minimum absolute atomic E-state index is 0.758. The lowest BCUT2D eigenvalue weighted by Crippen LogP contribution is -2.20. The molecule has 0 saturated heterocycles. The van der Waals surface area contributed by atoms with Gasteiger partial charge >= 0.3 is 0 Å². The highest BCUT2D eigenvalue weighted by molar-refractivity contribution is 6.76. The summed E-state index contributed by atoms with van der Waals surface area (Å²) in [6, 6.07) is 1.38. The summed E-state index contributed by atoms with van der Waals surface area (Å²) in [4.78, 5) is 0. The second-order valence-electron chi connectivity index (χ2n) is 3.45. The van der Waals surface area contributed by atoms with Crippen molar-refractivity contribution >= 4 is 8.07 Å². The van der Waals surface area contributed by atoms with Gasteiger partial charge in [0.15, 0.2) is 0 Å². The van der Waals surface area contributed by atoms with Gasteiger partial charge in [0.1, 0.15) is 0 Å². The molecule has 0 bridgehead atoms. The van der Waals surface area contributed by atoms with E-state index >= 15 is 0 Å². The van der Waals surface area contributed by atoms with Gasteiger partial charge in [-0.15, -0.1) is 0 Å². The average Bonchev–Trinajstić information content (AvgIpc) is 1.59. The summed E-state index contributed by atoms with van der Waals surface area (Å²) in [5.74, 6) is 0. The van der Waals surface area contributed by atoms with E-state index in [4.69, 9.17) is 5.73 Å². The summed E-state index contributed by atoms with van der Waals surface area (Å²) in [6.07, 6.45) is 1.22. The van der Waals surface area contributed by atoms with Gasteiger partial charge in [0, 0.05) is 8.07 Å². The van der Waals surface area contributed by atoms with E-state index in [-0.39, 0.29) is 0 Å². The molecule has 50 valence electrons. The smallest absolute Gasteiger partial charge is 0.0443 e. The zero-order valence-electron chi connectivity index (χ0n) is 6.20. The zero-order valence-corrected chi connectivity index (χ0v) is 7.20. The first-order valence-electron chi connectivity index (χ1n) is 3.26. The fourth-order valence-corrected chi connectivity index (χ4v) is 1.90. The first kappa shape index (κ1) is 8.18. The molecule has 0 atom stereocenters. The fraction of sp³-hybridized carbons (Fsp3) is 1.00. The van der Waals surface area contributed by atoms with Gasteiger partial charge in [-0.25, -0.2) is 0 Å². The molecule has 0 aliphatic rings. The van der Waals surface area contributed by atoms with Gasteiger partial charge in [0.25, 0.3) is 0 Å². The van der Waals surface area contributed by atoms with Gasteiger partial charge in [-0.1, -0.05) is 25.7 Å². The van der Waals surface area contributed by atoms with Crippen LogP contribution in [-0.2, 0) is 0 Å². The molecule has 0 fully saturated rings. The molecule has 0 heterocycles. The molecular weight excluding hydrogens is 114 g/mol. The predicted octanol–water partition coefficient (Wildman–Crippen LogP) is 1.67. The Labute approximate surface area is 53.3 Å². The third-order valence-electron chi connectivity index (χ3n) is 1.13. The van der Waals surface area contributed by atoms with Crippen LogP contribution in [0.2, 0.25) is 25.7 Å². The Morgan fingerprint density at radius 2 is 1.75 bits per heavy atom. The fourth-order valence-electron chi connectivity index (χ4n) is 0.632. The largest absolute Gasteiger partial charge is 0.330 e. The maximum Gasteiger partial charge on any atom is 0.0443 e. The van der Waals surface area contributed by atoms with Crippen LogP contribution in [0.4, 0.5) is 0 Å². The number of hydrogen-bond donors (Lipinski definition) is 1. The van der Waals surface area contributed by atoms with Crippen LogP contribution in [0.3, 0.4) is 0 Å². The van der Waals surface area contributed by atoms with Gasteiger partial charge in [-0.05, 0) is 13.0 Å². The summed E-state index contributed by atoms with van der Waals surface area (Å²) in [7, 11) is -0.758. The summed E-state index contributed by atoms with van der Waals surface area (Å²) in [5, 5.41) is 0. The van der Waals surface area contributed by atoms with E-state index in [0.717, 1.165) is 6.54 Å². The first-order chi connectivity index (χ1) is 3.56. The molecule has 0 aromatic heterocycles. The van der Waals surface area contributed by atoms with Crippen LogP contribution in [0.15, 0.2) is 0 Å². The second-order valence-corrected chi connectivity index (χ2v) is 9.07. The Kier molecular flexibility index (Phi) is 3.32. The van der Waals surface area contributed by atoms with Gasteiger partial charge in [-0.3, -0.25) is 0 Å². The van der Waals surface area contributed by atoms with E-state index in [1.165, 1.54) is 12.5 Å². The SMILES string of the molecule is C[Si](C)(C)CCCN. The zero-order chi connectivity index (χ0) is 6.62. The quantitative estimate of drug-likeness (QED) is 0.579. The maximum atomic E-state index is 5.36. The van der Waals surface area contributed by atoms with Crippen LogP contribution >= 0.6 is 0 Å². The van der Waals surface area contributed by atoms with Crippen molar-refractivity contribution < 1.29 is 0 Å². The Hall–Kier alpha value is 0.177. The highest BCUT2D eigenvalue weighted by Crippen LogP contribution is 2.09. The van der Waals surface area contributed by atoms with E-state index < -0.39 is 8.07 Å². The highest BCUT2D eigenvalue weighted by atomic mass is 28.3. The molecule has 0 aliphatic heterocycles. The lowest BCUT2D eigenvalue weighted by atomic mass is 10.5. The molecule has 0 unspecified atom stereocenters. The van der Waals surface area contributed by atoms with E-state index in [0.29, 0.717) is 0 Å². The van der Waals surface area contributed by atoms with Crippen molar-refractivity contribution in [3.05, 3.63) is 0 Å². The number of hydrogen-bond acceptors (Lipinski definition) is 1. The van der Waals surface area contributed by atoms with Crippen molar-refractivity contribution in [3.8, 4) is 0 Å². The topological polar surface area (TPSA) is 26.0 Å². The molecule has 0 spiro atoms. The maximum absolute atomic E-state index is 5.36. The van der Waals surface area contributed by atoms with Crippen LogP contribution < -0.4 is 5.73 Å². The van der Waals surface area contributed by atoms with Crippen molar-refractivity contribution in [1.82, 2.24) is 0 Å². The van der Waals surface area contributed by atoms with Crippen LogP contribution in [0.25, 0.3) is 0 Å². The van der Waals surface area contributed by atoms with Crippen molar-refractivity contribution in [3.63, 3.8) is 0 Å². The molecule has 0 aromatic carbocycles. The van der Waals surface area contributed by atoms with Gasteiger partial charge in [0.05, 0.1) is 0 Å². The Morgan fingerprint density at radius 3 is 1.88 bits per heavy atom. The van der Waals surface area contributed by atoms with Crippen LogP contribution in [0.5, 0.6) is 0 Å². The number of nitrogens with two attached hydrogens (primary N) is 1. The van der Waals surface area contributed by atoms with Crippen molar-refractivity contribution in [2.45, 2.75) is 32.1 Å².